The van der Waals surface area contributed by atoms with Crippen LogP contribution in [0.4, 0.5) is 0 Å². The summed E-state index contributed by atoms with van der Waals surface area (Å²) in [5.41, 5.74) is 0. The van der Waals surface area contributed by atoms with Gasteiger partial charge in [0.05, 0.1) is 11.3 Å². The maximum absolute atomic E-state index is 10.4. The summed E-state index contributed by atoms with van der Waals surface area (Å²) in [7, 11) is -8.84. The van der Waals surface area contributed by atoms with E-state index in [0.717, 1.165) is 0 Å². The van der Waals surface area contributed by atoms with Crippen LogP contribution in [0.5, 0.6) is 0 Å². The number of carbonyl (C=O) groups is 2. The van der Waals surface area contributed by atoms with E-state index in [-0.39, 0.29) is 4.90 Å². The van der Waals surface area contributed by atoms with Gasteiger partial charge in [-0.2, -0.15) is 16.8 Å². The zero-order valence-corrected chi connectivity index (χ0v) is 12.4. The van der Waals surface area contributed by atoms with Gasteiger partial charge in [0.1, 0.15) is 0 Å². The predicted octanol–water partition coefficient (Wildman–Crippen LogP) is -0.265. The third kappa shape index (κ3) is 7.68. The van der Waals surface area contributed by atoms with Gasteiger partial charge in [-0.25, -0.2) is 0 Å². The van der Waals surface area contributed by atoms with E-state index >= 15 is 0 Å². The smallest absolute Gasteiger partial charge is 0.325 e. The van der Waals surface area contributed by atoms with Crippen LogP contribution in [0.1, 0.15) is 6.42 Å². The topological polar surface area (TPSA) is 183 Å². The Labute approximate surface area is 125 Å². The molecular weight excluding hydrogens is 344 g/mol. The predicted molar refractivity (Wildman–Crippen MR) is 71.5 cm³/mol. The number of benzene rings is 1. The fourth-order valence-corrected chi connectivity index (χ4v) is 2.18. The van der Waals surface area contributed by atoms with Gasteiger partial charge in [-0.1, -0.05) is 18.2 Å². The van der Waals surface area contributed by atoms with Crippen LogP contribution in [-0.4, -0.2) is 53.3 Å². The van der Waals surface area contributed by atoms with Gasteiger partial charge in [-0.15, -0.1) is 0 Å². The van der Waals surface area contributed by atoms with Gasteiger partial charge < -0.3 is 10.2 Å². The van der Waals surface area contributed by atoms with Crippen molar-refractivity contribution in [3.63, 3.8) is 0 Å². The standard InChI is InChI=1S/C6H6O3S.C4H6O7S/c7-10(8,9)6-4-2-1-3-5-6;5-3(6)1-2(4(7)8)12(9,10)11/h1-5H,(H,7,8,9);2H,1H2,(H,5,6)(H,7,8)(H,9,10,11). The quantitative estimate of drug-likeness (QED) is 0.512. The Morgan fingerprint density at radius 3 is 1.59 bits per heavy atom. The van der Waals surface area contributed by atoms with Crippen molar-refractivity contribution in [2.24, 2.45) is 0 Å². The van der Waals surface area contributed by atoms with Crippen LogP contribution in [0.2, 0.25) is 0 Å². The summed E-state index contributed by atoms with van der Waals surface area (Å²) < 4.78 is 57.9. The van der Waals surface area contributed by atoms with E-state index in [1.54, 1.807) is 18.2 Å². The van der Waals surface area contributed by atoms with Crippen LogP contribution in [0.25, 0.3) is 0 Å². The van der Waals surface area contributed by atoms with E-state index in [1.807, 2.05) is 0 Å². The molecule has 1 aromatic carbocycles. The Morgan fingerprint density at radius 1 is 0.955 bits per heavy atom. The Morgan fingerprint density at radius 2 is 1.41 bits per heavy atom. The van der Waals surface area contributed by atoms with Crippen LogP contribution < -0.4 is 0 Å². The molecule has 0 aromatic heterocycles. The van der Waals surface area contributed by atoms with Crippen molar-refractivity contribution >= 4 is 32.2 Å². The highest BCUT2D eigenvalue weighted by molar-refractivity contribution is 7.87. The molecule has 1 unspecified atom stereocenters. The highest BCUT2D eigenvalue weighted by Crippen LogP contribution is 2.05. The highest BCUT2D eigenvalue weighted by Gasteiger charge is 2.33. The second kappa shape index (κ2) is 7.84. The molecule has 1 rings (SSSR count). The maximum Gasteiger partial charge on any atom is 0.325 e. The van der Waals surface area contributed by atoms with Gasteiger partial charge in [0.15, 0.2) is 5.25 Å². The van der Waals surface area contributed by atoms with E-state index in [4.69, 9.17) is 19.3 Å². The summed E-state index contributed by atoms with van der Waals surface area (Å²) in [5, 5.41) is 13.9. The van der Waals surface area contributed by atoms with Crippen LogP contribution in [0.3, 0.4) is 0 Å². The first-order valence-corrected chi connectivity index (χ1v) is 8.23. The number of hydrogen-bond acceptors (Lipinski definition) is 6. The summed E-state index contributed by atoms with van der Waals surface area (Å²) in [6, 6.07) is 7.42. The van der Waals surface area contributed by atoms with Crippen molar-refractivity contribution in [1.82, 2.24) is 0 Å². The molecule has 0 saturated heterocycles. The monoisotopic (exact) mass is 356 g/mol. The van der Waals surface area contributed by atoms with Crippen molar-refractivity contribution in [2.75, 3.05) is 0 Å². The lowest BCUT2D eigenvalue weighted by molar-refractivity contribution is -0.143. The molecule has 0 spiro atoms. The molecule has 0 saturated carbocycles. The third-order valence-electron chi connectivity index (χ3n) is 2.04. The van der Waals surface area contributed by atoms with E-state index in [0.29, 0.717) is 0 Å². The van der Waals surface area contributed by atoms with E-state index in [2.05, 4.69) is 0 Å². The number of rotatable bonds is 5. The molecule has 0 aliphatic heterocycles. The van der Waals surface area contributed by atoms with Crippen LogP contribution >= 0.6 is 0 Å². The molecule has 22 heavy (non-hydrogen) atoms. The average molecular weight is 356 g/mol. The minimum absolute atomic E-state index is 0.0741. The number of carboxylic acids is 2. The lowest BCUT2D eigenvalue weighted by Gasteiger charge is -2.04. The Balaban J connectivity index is 0.000000406. The molecule has 0 aliphatic rings. The number of aliphatic carboxylic acids is 2. The molecule has 0 aliphatic carbocycles. The summed E-state index contributed by atoms with van der Waals surface area (Å²) in [6.45, 7) is 0. The first-order chi connectivity index (χ1) is 9.85. The van der Waals surface area contributed by atoms with Crippen LogP contribution in [-0.2, 0) is 29.8 Å². The van der Waals surface area contributed by atoms with E-state index < -0.39 is 43.8 Å². The lowest BCUT2D eigenvalue weighted by Crippen LogP contribution is -2.31. The highest BCUT2D eigenvalue weighted by atomic mass is 32.2. The summed E-state index contributed by atoms with van der Waals surface area (Å²) in [5.74, 6) is -3.50. The molecule has 10 nitrogen and oxygen atoms in total. The molecule has 124 valence electrons. The number of carboxylic acid groups (broad SMARTS) is 2. The zero-order valence-electron chi connectivity index (χ0n) is 10.7. The van der Waals surface area contributed by atoms with Gasteiger partial charge in [0.25, 0.3) is 20.2 Å². The molecule has 12 heteroatoms. The fraction of sp³-hybridized carbons (Fsp3) is 0.200. The van der Waals surface area contributed by atoms with Gasteiger partial charge in [-0.05, 0) is 12.1 Å². The summed E-state index contributed by atoms with van der Waals surface area (Å²) in [6.07, 6.45) is -1.16. The molecule has 0 bridgehead atoms. The van der Waals surface area contributed by atoms with Crippen LogP contribution in [0, 0.1) is 0 Å². The maximum atomic E-state index is 10.4. The fourth-order valence-electron chi connectivity index (χ4n) is 1.07. The molecule has 1 aromatic rings. The van der Waals surface area contributed by atoms with Crippen molar-refractivity contribution in [3.8, 4) is 0 Å². The Bertz CT molecular complexity index is 720. The van der Waals surface area contributed by atoms with Crippen LogP contribution in [0.15, 0.2) is 35.2 Å². The minimum Gasteiger partial charge on any atom is -0.481 e. The molecule has 0 heterocycles. The SMILES string of the molecule is O=C(O)CC(C(=O)O)S(=O)(=O)O.O=S(=O)(O)c1ccccc1. The number of hydrogen-bond donors (Lipinski definition) is 4. The van der Waals surface area contributed by atoms with Gasteiger partial charge in [-0.3, -0.25) is 18.7 Å². The average Bonchev–Trinajstić information content (AvgIpc) is 2.35. The molecule has 1 atom stereocenters. The Hall–Kier alpha value is -2.02. The third-order valence-corrected chi connectivity index (χ3v) is 3.99. The molecule has 0 amide bonds. The van der Waals surface area contributed by atoms with Gasteiger partial charge in [0.2, 0.25) is 0 Å². The second-order valence-electron chi connectivity index (χ2n) is 3.73. The molecule has 4 N–H and O–H groups in total. The van der Waals surface area contributed by atoms with Gasteiger partial charge >= 0.3 is 11.9 Å². The van der Waals surface area contributed by atoms with Crippen molar-refractivity contribution < 1.29 is 45.7 Å². The van der Waals surface area contributed by atoms with Gasteiger partial charge in [0, 0.05) is 0 Å². The Kier molecular flexibility index (Phi) is 7.12. The van der Waals surface area contributed by atoms with Crippen molar-refractivity contribution in [2.45, 2.75) is 16.6 Å². The molecular formula is C10H12O10S2. The lowest BCUT2D eigenvalue weighted by atomic mass is 10.3. The first-order valence-electron chi connectivity index (χ1n) is 5.29. The van der Waals surface area contributed by atoms with Crippen molar-refractivity contribution in [3.05, 3.63) is 30.3 Å². The van der Waals surface area contributed by atoms with E-state index in [9.17, 15) is 26.4 Å². The molecule has 0 radical (unpaired) electrons. The van der Waals surface area contributed by atoms with Crippen molar-refractivity contribution in [1.29, 1.82) is 0 Å². The molecule has 0 fully saturated rings. The first kappa shape index (κ1) is 20.0. The minimum atomic E-state index is -4.84. The zero-order chi connectivity index (χ0) is 17.6. The normalized spacial score (nSPS) is 12.6. The largest absolute Gasteiger partial charge is 0.481 e. The second-order valence-corrected chi connectivity index (χ2v) is 6.75. The summed E-state index contributed by atoms with van der Waals surface area (Å²) >= 11 is 0. The van der Waals surface area contributed by atoms with E-state index in [1.165, 1.54) is 12.1 Å². The summed E-state index contributed by atoms with van der Waals surface area (Å²) in [4.78, 5) is 19.9.